The summed E-state index contributed by atoms with van der Waals surface area (Å²) in [6, 6.07) is 7.58. The molecule has 20 heavy (non-hydrogen) atoms. The Balaban J connectivity index is 2.34. The van der Waals surface area contributed by atoms with Crippen LogP contribution < -0.4 is 5.32 Å². The van der Waals surface area contributed by atoms with E-state index in [2.05, 4.69) is 5.32 Å². The average Bonchev–Trinajstić information content (AvgIpc) is 2.43. The second-order valence-corrected chi connectivity index (χ2v) is 4.86. The zero-order chi connectivity index (χ0) is 14.7. The Hall–Kier alpha value is -1.52. The topological polar surface area (TPSA) is 12.0 Å². The van der Waals surface area contributed by atoms with Crippen LogP contribution in [-0.4, -0.2) is 7.05 Å². The molecule has 0 saturated heterocycles. The van der Waals surface area contributed by atoms with Gasteiger partial charge in [-0.25, -0.2) is 13.2 Å². The summed E-state index contributed by atoms with van der Waals surface area (Å²) in [5.74, 6) is -2.27. The standard InChI is InChI=1S/C15H13ClF3N/c1-20-14(11-3-2-4-13(18)15(11)19)8-9-7-10(16)5-6-12(9)17/h2-7,14,20H,8H2,1H3. The SMILES string of the molecule is CNC(Cc1cc(Cl)ccc1F)c1cccc(F)c1F. The van der Waals surface area contributed by atoms with E-state index in [0.29, 0.717) is 10.6 Å². The number of halogens is 4. The molecule has 0 saturated carbocycles. The molecule has 2 aromatic rings. The van der Waals surface area contributed by atoms with Gasteiger partial charge in [-0.2, -0.15) is 0 Å². The summed E-state index contributed by atoms with van der Waals surface area (Å²) in [5, 5.41) is 3.26. The van der Waals surface area contributed by atoms with Gasteiger partial charge in [0.15, 0.2) is 11.6 Å². The fourth-order valence-electron chi connectivity index (χ4n) is 2.08. The van der Waals surface area contributed by atoms with Crippen LogP contribution in [0.4, 0.5) is 13.2 Å². The van der Waals surface area contributed by atoms with Gasteiger partial charge < -0.3 is 5.32 Å². The number of benzene rings is 2. The predicted octanol–water partition coefficient (Wildman–Crippen LogP) is 4.26. The molecule has 1 atom stereocenters. The highest BCUT2D eigenvalue weighted by Gasteiger charge is 2.18. The first-order valence-electron chi connectivity index (χ1n) is 6.08. The van der Waals surface area contributed by atoms with Crippen molar-refractivity contribution in [1.82, 2.24) is 5.32 Å². The lowest BCUT2D eigenvalue weighted by molar-refractivity contribution is 0.470. The molecule has 0 spiro atoms. The van der Waals surface area contributed by atoms with Crippen LogP contribution in [-0.2, 0) is 6.42 Å². The van der Waals surface area contributed by atoms with Gasteiger partial charge in [-0.15, -0.1) is 0 Å². The lowest BCUT2D eigenvalue weighted by atomic mass is 9.98. The van der Waals surface area contributed by atoms with Crippen molar-refractivity contribution < 1.29 is 13.2 Å². The van der Waals surface area contributed by atoms with Crippen LogP contribution in [0.2, 0.25) is 5.02 Å². The third kappa shape index (κ3) is 3.14. The van der Waals surface area contributed by atoms with Crippen molar-refractivity contribution in [3.8, 4) is 0 Å². The van der Waals surface area contributed by atoms with Crippen LogP contribution >= 0.6 is 11.6 Å². The molecule has 0 amide bonds. The molecule has 106 valence electrons. The number of nitrogens with one attached hydrogen (secondary N) is 1. The average molecular weight is 300 g/mol. The molecule has 2 rings (SSSR count). The van der Waals surface area contributed by atoms with Crippen molar-refractivity contribution in [2.45, 2.75) is 12.5 Å². The predicted molar refractivity (Wildman–Crippen MR) is 73.3 cm³/mol. The fraction of sp³-hybridized carbons (Fsp3) is 0.200. The number of likely N-dealkylation sites (N-methyl/N-ethyl adjacent to an activating group) is 1. The van der Waals surface area contributed by atoms with E-state index in [1.807, 2.05) is 0 Å². The highest BCUT2D eigenvalue weighted by Crippen LogP contribution is 2.25. The molecule has 0 radical (unpaired) electrons. The Kier molecular flexibility index (Phi) is 4.68. The molecule has 0 aromatic heterocycles. The lowest BCUT2D eigenvalue weighted by Crippen LogP contribution is -2.21. The third-order valence-corrected chi connectivity index (χ3v) is 3.37. The van der Waals surface area contributed by atoms with Crippen LogP contribution in [0, 0.1) is 17.5 Å². The van der Waals surface area contributed by atoms with Crippen molar-refractivity contribution in [1.29, 1.82) is 0 Å². The van der Waals surface area contributed by atoms with Gasteiger partial charge in [-0.1, -0.05) is 23.7 Å². The molecule has 1 nitrogen and oxygen atoms in total. The lowest BCUT2D eigenvalue weighted by Gasteiger charge is -2.18. The molecular formula is C15H13ClF3N. The maximum absolute atomic E-state index is 13.8. The first-order valence-corrected chi connectivity index (χ1v) is 6.46. The number of hydrogen-bond donors (Lipinski definition) is 1. The smallest absolute Gasteiger partial charge is 0.163 e. The van der Waals surface area contributed by atoms with Gasteiger partial charge in [-0.05, 0) is 43.3 Å². The summed E-state index contributed by atoms with van der Waals surface area (Å²) in [5.41, 5.74) is 0.507. The Morgan fingerprint density at radius 2 is 1.85 bits per heavy atom. The van der Waals surface area contributed by atoms with Crippen molar-refractivity contribution >= 4 is 11.6 Å². The minimum atomic E-state index is -0.922. The Bertz CT molecular complexity index is 616. The number of hydrogen-bond acceptors (Lipinski definition) is 1. The molecule has 0 aliphatic rings. The second-order valence-electron chi connectivity index (χ2n) is 4.42. The van der Waals surface area contributed by atoms with E-state index in [4.69, 9.17) is 11.6 Å². The maximum Gasteiger partial charge on any atom is 0.163 e. The monoisotopic (exact) mass is 299 g/mol. The van der Waals surface area contributed by atoms with Crippen LogP contribution in [0.25, 0.3) is 0 Å². The highest BCUT2D eigenvalue weighted by atomic mass is 35.5. The van der Waals surface area contributed by atoms with Gasteiger partial charge in [0.1, 0.15) is 5.82 Å². The molecule has 0 fully saturated rings. The van der Waals surface area contributed by atoms with Crippen molar-refractivity contribution in [2.24, 2.45) is 0 Å². The van der Waals surface area contributed by atoms with Crippen molar-refractivity contribution in [3.63, 3.8) is 0 Å². The Morgan fingerprint density at radius 1 is 1.10 bits per heavy atom. The zero-order valence-corrected chi connectivity index (χ0v) is 11.5. The zero-order valence-electron chi connectivity index (χ0n) is 10.8. The maximum atomic E-state index is 13.8. The second kappa shape index (κ2) is 6.29. The van der Waals surface area contributed by atoms with E-state index in [9.17, 15) is 13.2 Å². The van der Waals surface area contributed by atoms with Crippen LogP contribution in [0.5, 0.6) is 0 Å². The minimum Gasteiger partial charge on any atom is -0.313 e. The summed E-state index contributed by atoms with van der Waals surface area (Å²) in [6.07, 6.45) is 0.170. The summed E-state index contributed by atoms with van der Waals surface area (Å²) < 4.78 is 40.8. The Morgan fingerprint density at radius 3 is 2.55 bits per heavy atom. The minimum absolute atomic E-state index is 0.159. The van der Waals surface area contributed by atoms with E-state index in [0.717, 1.165) is 6.07 Å². The summed E-state index contributed by atoms with van der Waals surface area (Å²) in [6.45, 7) is 0. The largest absolute Gasteiger partial charge is 0.313 e. The van der Waals surface area contributed by atoms with Gasteiger partial charge in [0, 0.05) is 16.6 Å². The summed E-state index contributed by atoms with van der Waals surface area (Å²) in [4.78, 5) is 0. The molecule has 2 aromatic carbocycles. The molecule has 0 aliphatic heterocycles. The van der Waals surface area contributed by atoms with Crippen molar-refractivity contribution in [3.05, 3.63) is 70.0 Å². The van der Waals surface area contributed by atoms with E-state index in [1.165, 1.54) is 30.3 Å². The normalized spacial score (nSPS) is 12.4. The molecule has 5 heteroatoms. The molecule has 1 N–H and O–H groups in total. The first kappa shape index (κ1) is 14.9. The van der Waals surface area contributed by atoms with E-state index in [-0.39, 0.29) is 12.0 Å². The quantitative estimate of drug-likeness (QED) is 0.889. The summed E-state index contributed by atoms with van der Waals surface area (Å²) >= 11 is 5.82. The first-order chi connectivity index (χ1) is 9.52. The van der Waals surface area contributed by atoms with Gasteiger partial charge in [0.2, 0.25) is 0 Å². The third-order valence-electron chi connectivity index (χ3n) is 3.14. The van der Waals surface area contributed by atoms with E-state index >= 15 is 0 Å². The van der Waals surface area contributed by atoms with Gasteiger partial charge in [0.05, 0.1) is 0 Å². The van der Waals surface area contributed by atoms with Crippen LogP contribution in [0.15, 0.2) is 36.4 Å². The van der Waals surface area contributed by atoms with Gasteiger partial charge in [-0.3, -0.25) is 0 Å². The van der Waals surface area contributed by atoms with Crippen molar-refractivity contribution in [2.75, 3.05) is 7.05 Å². The molecular weight excluding hydrogens is 287 g/mol. The number of rotatable bonds is 4. The van der Waals surface area contributed by atoms with Crippen LogP contribution in [0.3, 0.4) is 0 Å². The van der Waals surface area contributed by atoms with Gasteiger partial charge >= 0.3 is 0 Å². The molecule has 1 unspecified atom stereocenters. The summed E-state index contributed by atoms with van der Waals surface area (Å²) in [7, 11) is 1.61. The Labute approximate surface area is 120 Å². The van der Waals surface area contributed by atoms with E-state index in [1.54, 1.807) is 7.05 Å². The van der Waals surface area contributed by atoms with Crippen LogP contribution in [0.1, 0.15) is 17.2 Å². The molecule has 0 aliphatic carbocycles. The molecule has 0 bridgehead atoms. The molecule has 0 heterocycles. The van der Waals surface area contributed by atoms with E-state index < -0.39 is 23.5 Å². The highest BCUT2D eigenvalue weighted by molar-refractivity contribution is 6.30. The fourth-order valence-corrected chi connectivity index (χ4v) is 2.27. The van der Waals surface area contributed by atoms with Gasteiger partial charge in [0.25, 0.3) is 0 Å².